The fraction of sp³-hybridized carbons (Fsp3) is 0.765. The van der Waals surface area contributed by atoms with Gasteiger partial charge < -0.3 is 24.1 Å². The highest BCUT2D eigenvalue weighted by molar-refractivity contribution is 6.61. The summed E-state index contributed by atoms with van der Waals surface area (Å²) in [7, 11) is -0.458. The summed E-state index contributed by atoms with van der Waals surface area (Å²) < 4.78 is 17.9. The number of hydrogen-bond acceptors (Lipinski definition) is 7. The summed E-state index contributed by atoms with van der Waals surface area (Å²) in [5.41, 5.74) is 0.0360. The molecule has 0 atom stereocenters. The molecule has 0 saturated carbocycles. The topological polar surface area (TPSA) is 76.9 Å². The van der Waals surface area contributed by atoms with Crippen LogP contribution in [0.5, 0.6) is 6.01 Å². The summed E-state index contributed by atoms with van der Waals surface area (Å²) in [6.45, 7) is 10.9. The Hall–Kier alpha value is -1.22. The van der Waals surface area contributed by atoms with Crippen LogP contribution in [0.15, 0.2) is 12.4 Å². The van der Waals surface area contributed by atoms with Gasteiger partial charge in [-0.3, -0.25) is 0 Å². The zero-order valence-corrected chi connectivity index (χ0v) is 15.6. The summed E-state index contributed by atoms with van der Waals surface area (Å²) >= 11 is 0. The van der Waals surface area contributed by atoms with Crippen molar-refractivity contribution in [3.63, 3.8) is 0 Å². The molecular formula is C17H28BN3O4. The highest BCUT2D eigenvalue weighted by Crippen LogP contribution is 2.36. The molecule has 7 nitrogen and oxygen atoms in total. The number of β-amino-alcohol motifs (C(OH)–C–C–N with tert-alkyl or cyclic N) is 1. The van der Waals surface area contributed by atoms with Crippen LogP contribution < -0.4 is 10.2 Å². The maximum Gasteiger partial charge on any atom is 0.498 e. The Balaban J connectivity index is 1.55. The van der Waals surface area contributed by atoms with E-state index in [9.17, 15) is 0 Å². The van der Waals surface area contributed by atoms with E-state index in [1.807, 2.05) is 27.7 Å². The molecule has 2 saturated heterocycles. The van der Waals surface area contributed by atoms with E-state index >= 15 is 0 Å². The molecule has 2 aliphatic heterocycles. The third-order valence-corrected chi connectivity index (χ3v) is 5.40. The van der Waals surface area contributed by atoms with E-state index < -0.39 is 7.12 Å². The van der Waals surface area contributed by atoms with Crippen molar-refractivity contribution in [1.29, 1.82) is 0 Å². The molecule has 0 radical (unpaired) electrons. The second-order valence-electron chi connectivity index (χ2n) is 7.77. The van der Waals surface area contributed by atoms with Crippen LogP contribution in [0.3, 0.4) is 0 Å². The van der Waals surface area contributed by atoms with E-state index in [-0.39, 0.29) is 23.9 Å². The minimum atomic E-state index is -0.458. The van der Waals surface area contributed by atoms with Crippen LogP contribution in [-0.4, -0.2) is 70.6 Å². The zero-order valence-electron chi connectivity index (χ0n) is 15.6. The van der Waals surface area contributed by atoms with Gasteiger partial charge in [-0.1, -0.05) is 0 Å². The summed E-state index contributed by atoms with van der Waals surface area (Å²) in [5, 5.41) is 8.99. The van der Waals surface area contributed by atoms with E-state index in [0.717, 1.165) is 37.9 Å². The van der Waals surface area contributed by atoms with Gasteiger partial charge in [-0.05, 0) is 40.5 Å². The first-order valence-electron chi connectivity index (χ1n) is 8.98. The van der Waals surface area contributed by atoms with Crippen LogP contribution in [0.1, 0.15) is 40.5 Å². The van der Waals surface area contributed by atoms with Crippen molar-refractivity contribution in [2.75, 3.05) is 26.2 Å². The lowest BCUT2D eigenvalue weighted by molar-refractivity contribution is 0.00578. The molecule has 0 bridgehead atoms. The van der Waals surface area contributed by atoms with Gasteiger partial charge in [0.2, 0.25) is 0 Å². The second-order valence-corrected chi connectivity index (χ2v) is 7.77. The first kappa shape index (κ1) is 18.6. The van der Waals surface area contributed by atoms with Gasteiger partial charge >= 0.3 is 13.1 Å². The minimum Gasteiger partial charge on any atom is -0.460 e. The quantitative estimate of drug-likeness (QED) is 0.781. The molecule has 3 heterocycles. The Bertz CT molecular complexity index is 558. The molecule has 2 aliphatic rings. The van der Waals surface area contributed by atoms with E-state index in [2.05, 4.69) is 14.9 Å². The molecule has 2 fully saturated rings. The molecule has 1 aromatic rings. The molecule has 25 heavy (non-hydrogen) atoms. The number of aliphatic hydroxyl groups excluding tert-OH is 1. The van der Waals surface area contributed by atoms with Gasteiger partial charge in [0.15, 0.2) is 0 Å². The largest absolute Gasteiger partial charge is 0.498 e. The number of nitrogens with zero attached hydrogens (tertiary/aromatic N) is 3. The van der Waals surface area contributed by atoms with Crippen LogP contribution >= 0.6 is 0 Å². The van der Waals surface area contributed by atoms with E-state index in [0.29, 0.717) is 6.01 Å². The Morgan fingerprint density at radius 1 is 1.16 bits per heavy atom. The monoisotopic (exact) mass is 349 g/mol. The Morgan fingerprint density at radius 3 is 2.24 bits per heavy atom. The van der Waals surface area contributed by atoms with Gasteiger partial charge in [-0.15, -0.1) is 0 Å². The molecule has 1 N–H and O–H groups in total. The Labute approximate surface area is 149 Å². The number of ether oxygens (including phenoxy) is 1. The standard InChI is InChI=1S/C17H28BN3O4/c1-16(2)17(3,4)25-18(24-16)13-11-19-15(20-12-13)23-14-5-7-21(8-6-14)9-10-22/h11-12,14,22H,5-10H2,1-4H3. The lowest BCUT2D eigenvalue weighted by atomic mass is 9.81. The number of likely N-dealkylation sites (tertiary alicyclic amines) is 1. The van der Waals surface area contributed by atoms with Crippen molar-refractivity contribution in [1.82, 2.24) is 14.9 Å². The number of hydrogen-bond donors (Lipinski definition) is 1. The van der Waals surface area contributed by atoms with Crippen LogP contribution in [0.25, 0.3) is 0 Å². The molecule has 8 heteroatoms. The van der Waals surface area contributed by atoms with Crippen LogP contribution in [0.2, 0.25) is 0 Å². The molecule has 138 valence electrons. The fourth-order valence-electron chi connectivity index (χ4n) is 3.03. The van der Waals surface area contributed by atoms with Gasteiger partial charge in [-0.2, -0.15) is 0 Å². The molecule has 0 amide bonds. The number of rotatable bonds is 5. The van der Waals surface area contributed by atoms with Crippen LogP contribution in [-0.2, 0) is 9.31 Å². The van der Waals surface area contributed by atoms with Crippen molar-refractivity contribution in [2.45, 2.75) is 57.8 Å². The van der Waals surface area contributed by atoms with Crippen LogP contribution in [0.4, 0.5) is 0 Å². The average Bonchev–Trinajstić information content (AvgIpc) is 2.78. The smallest absolute Gasteiger partial charge is 0.460 e. The van der Waals surface area contributed by atoms with E-state index in [1.54, 1.807) is 12.4 Å². The maximum atomic E-state index is 8.99. The first-order chi connectivity index (χ1) is 11.8. The van der Waals surface area contributed by atoms with E-state index in [4.69, 9.17) is 19.2 Å². The molecule has 0 aliphatic carbocycles. The van der Waals surface area contributed by atoms with Gasteiger partial charge in [0.1, 0.15) is 6.10 Å². The predicted molar refractivity (Wildman–Crippen MR) is 94.9 cm³/mol. The summed E-state index contributed by atoms with van der Waals surface area (Å²) in [6.07, 6.45) is 5.39. The fourth-order valence-corrected chi connectivity index (χ4v) is 3.03. The molecule has 3 rings (SSSR count). The normalized spacial score (nSPS) is 23.8. The lowest BCUT2D eigenvalue weighted by Gasteiger charge is -2.32. The van der Waals surface area contributed by atoms with Gasteiger partial charge in [0, 0.05) is 37.5 Å². The van der Waals surface area contributed by atoms with Gasteiger partial charge in [-0.25, -0.2) is 9.97 Å². The maximum absolute atomic E-state index is 8.99. The molecular weight excluding hydrogens is 321 g/mol. The van der Waals surface area contributed by atoms with Crippen molar-refractivity contribution in [2.24, 2.45) is 0 Å². The molecule has 0 unspecified atom stereocenters. The van der Waals surface area contributed by atoms with Crippen molar-refractivity contribution < 1.29 is 19.2 Å². The number of aliphatic hydroxyl groups is 1. The number of piperidine rings is 1. The Morgan fingerprint density at radius 2 is 1.72 bits per heavy atom. The first-order valence-corrected chi connectivity index (χ1v) is 8.98. The molecule has 0 spiro atoms. The number of aromatic nitrogens is 2. The third kappa shape index (κ3) is 4.14. The average molecular weight is 349 g/mol. The predicted octanol–water partition coefficient (Wildman–Crippen LogP) is 0.611. The summed E-state index contributed by atoms with van der Waals surface area (Å²) in [5.74, 6) is 0. The second kappa shape index (κ2) is 7.19. The Kier molecular flexibility index (Phi) is 5.34. The van der Waals surface area contributed by atoms with Crippen molar-refractivity contribution in [3.05, 3.63) is 12.4 Å². The summed E-state index contributed by atoms with van der Waals surface area (Å²) in [4.78, 5) is 10.9. The highest BCUT2D eigenvalue weighted by Gasteiger charge is 2.52. The third-order valence-electron chi connectivity index (χ3n) is 5.40. The van der Waals surface area contributed by atoms with Crippen molar-refractivity contribution >= 4 is 12.6 Å². The highest BCUT2D eigenvalue weighted by atomic mass is 16.7. The SMILES string of the molecule is CC1(C)OB(c2cnc(OC3CCN(CCO)CC3)nc2)OC1(C)C. The van der Waals surface area contributed by atoms with Gasteiger partial charge in [0.05, 0.1) is 17.8 Å². The lowest BCUT2D eigenvalue weighted by Crippen LogP contribution is -2.41. The van der Waals surface area contributed by atoms with Crippen LogP contribution in [0, 0.1) is 0 Å². The van der Waals surface area contributed by atoms with E-state index in [1.165, 1.54) is 0 Å². The van der Waals surface area contributed by atoms with Gasteiger partial charge in [0.25, 0.3) is 0 Å². The summed E-state index contributed by atoms with van der Waals surface area (Å²) in [6, 6.07) is 0.390. The molecule has 1 aromatic heterocycles. The minimum absolute atomic E-state index is 0.123. The molecule has 0 aromatic carbocycles. The van der Waals surface area contributed by atoms with Crippen molar-refractivity contribution in [3.8, 4) is 6.01 Å². The zero-order chi connectivity index (χ0) is 18.1.